The largest absolute Gasteiger partial charge is 0.489 e. The van der Waals surface area contributed by atoms with Gasteiger partial charge in [-0.3, -0.25) is 4.79 Å². The smallest absolute Gasteiger partial charge is 0.416 e. The third-order valence-electron chi connectivity index (χ3n) is 10.6. The zero-order chi connectivity index (χ0) is 43.7. The van der Waals surface area contributed by atoms with Crippen LogP contribution in [0, 0.1) is 11.8 Å². The van der Waals surface area contributed by atoms with E-state index in [1.54, 1.807) is 0 Å². The summed E-state index contributed by atoms with van der Waals surface area (Å²) in [5.41, 5.74) is -3.05. The Hall–Kier alpha value is -4.67. The minimum absolute atomic E-state index is 0.0208. The van der Waals surface area contributed by atoms with Gasteiger partial charge in [0, 0.05) is 37.5 Å². The van der Waals surface area contributed by atoms with E-state index >= 15 is 0 Å². The Balaban J connectivity index is 1.44. The third-order valence-corrected chi connectivity index (χ3v) is 11.2. The monoisotopic (exact) mass is 870 g/mol. The topological polar surface area (TPSA) is 67.8 Å². The van der Waals surface area contributed by atoms with Crippen molar-refractivity contribution in [3.63, 3.8) is 0 Å². The van der Waals surface area contributed by atoms with Crippen LogP contribution in [-0.4, -0.2) is 47.6 Å². The quantitative estimate of drug-likeness (QED) is 0.0590. The van der Waals surface area contributed by atoms with Crippen LogP contribution >= 0.6 is 11.8 Å². The minimum Gasteiger partial charge on any atom is -0.489 e. The molecule has 3 aromatic carbocycles. The molecule has 1 aliphatic carbocycles. The molecule has 0 radical (unpaired) electrons. The molecule has 1 unspecified atom stereocenters. The zero-order valence-electron chi connectivity index (χ0n) is 33.3. The van der Waals surface area contributed by atoms with Crippen molar-refractivity contribution in [3.05, 3.63) is 113 Å². The van der Waals surface area contributed by atoms with Crippen LogP contribution in [0.4, 0.5) is 51.1 Å². The van der Waals surface area contributed by atoms with E-state index < -0.39 is 53.4 Å². The molecule has 1 heterocycles. The first kappa shape index (κ1) is 46.4. The molecule has 0 saturated heterocycles. The number of carbonyl (C=O) groups is 1. The Bertz CT molecular complexity index is 1960. The number of aromatic nitrogens is 2. The molecule has 326 valence electrons. The van der Waals surface area contributed by atoms with Crippen LogP contribution in [0.15, 0.2) is 79.1 Å². The number of rotatable bonds is 17. The summed E-state index contributed by atoms with van der Waals surface area (Å²) in [6.45, 7) is 4.10. The number of esters is 1. The molecule has 1 aromatic heterocycles. The molecule has 1 aliphatic rings. The molecule has 7 nitrogen and oxygen atoms in total. The summed E-state index contributed by atoms with van der Waals surface area (Å²) in [4.78, 5) is 24.5. The van der Waals surface area contributed by atoms with E-state index in [1.165, 1.54) is 42.0 Å². The number of anilines is 2. The molecule has 0 aliphatic heterocycles. The van der Waals surface area contributed by atoms with E-state index in [0.29, 0.717) is 43.3 Å². The highest BCUT2D eigenvalue weighted by Gasteiger charge is 2.38. The van der Waals surface area contributed by atoms with Crippen molar-refractivity contribution < 1.29 is 53.8 Å². The van der Waals surface area contributed by atoms with Crippen molar-refractivity contribution in [2.45, 2.75) is 83.7 Å². The van der Waals surface area contributed by atoms with Crippen LogP contribution < -0.4 is 14.5 Å². The molecule has 0 spiro atoms. The highest BCUT2D eigenvalue weighted by atomic mass is 32.2. The number of ether oxygens (including phenoxy) is 2. The van der Waals surface area contributed by atoms with Crippen LogP contribution in [0.2, 0.25) is 0 Å². The van der Waals surface area contributed by atoms with Crippen molar-refractivity contribution in [1.82, 2.24) is 9.97 Å². The number of benzene rings is 3. The van der Waals surface area contributed by atoms with Gasteiger partial charge in [-0.05, 0) is 111 Å². The molecule has 1 atom stereocenters. The van der Waals surface area contributed by atoms with Gasteiger partial charge in [-0.2, -0.15) is 51.3 Å². The van der Waals surface area contributed by atoms with Gasteiger partial charge in [0.1, 0.15) is 6.61 Å². The summed E-state index contributed by atoms with van der Waals surface area (Å²) in [6.07, 6.45) is -7.29. The molecule has 5 rings (SSSR count). The maximum absolute atomic E-state index is 14.3. The maximum atomic E-state index is 14.3. The molecule has 1 saturated carbocycles. The highest BCUT2D eigenvalue weighted by Crippen LogP contribution is 2.41. The fourth-order valence-corrected chi connectivity index (χ4v) is 7.55. The van der Waals surface area contributed by atoms with Gasteiger partial charge in [0.15, 0.2) is 5.75 Å². The maximum Gasteiger partial charge on any atom is 0.416 e. The van der Waals surface area contributed by atoms with Gasteiger partial charge in [0.2, 0.25) is 5.95 Å². The standard InChI is InChI=1S/C43H47F9N4O3S/c1-4-55(25-30-12-10-29(11-13-30)18-39(57)59-27-31-8-6-5-7-9-31)38-15-14-34(41(44,45)46)21-33(38)26-56(40-53-23-37(24-54-40)58-16-17-60-3)28(2)32-19-35(42(47,48)49)22-36(20-32)43(50,51)52/h5-9,14-15,19-24,28-30H,4,10-13,16-18,25-27H2,1-3H3/t28?,29-,30-. The number of halogens is 9. The fourth-order valence-electron chi connectivity index (χ4n) is 7.30. The first-order chi connectivity index (χ1) is 28.3. The number of alkyl halides is 9. The average Bonchev–Trinajstić information content (AvgIpc) is 3.21. The summed E-state index contributed by atoms with van der Waals surface area (Å²) >= 11 is 1.52. The molecule has 4 aromatic rings. The fraction of sp³-hybridized carbons (Fsp3) is 0.465. The molecule has 0 N–H and O–H groups in total. The third kappa shape index (κ3) is 12.9. The average molecular weight is 871 g/mol. The van der Waals surface area contributed by atoms with Gasteiger partial charge in [-0.1, -0.05) is 30.3 Å². The molecule has 60 heavy (non-hydrogen) atoms. The van der Waals surface area contributed by atoms with Gasteiger partial charge in [-0.15, -0.1) is 0 Å². The van der Waals surface area contributed by atoms with Crippen molar-refractivity contribution in [1.29, 1.82) is 0 Å². The van der Waals surface area contributed by atoms with Crippen LogP contribution in [0.1, 0.15) is 85.4 Å². The van der Waals surface area contributed by atoms with E-state index in [1.807, 2.05) is 48.4 Å². The van der Waals surface area contributed by atoms with Gasteiger partial charge in [0.05, 0.1) is 41.7 Å². The lowest BCUT2D eigenvalue weighted by Crippen LogP contribution is -2.34. The predicted octanol–water partition coefficient (Wildman–Crippen LogP) is 11.8. The Morgan fingerprint density at radius 3 is 1.98 bits per heavy atom. The summed E-state index contributed by atoms with van der Waals surface area (Å²) < 4.78 is 138. The number of hydrogen-bond donors (Lipinski definition) is 0. The lowest BCUT2D eigenvalue weighted by atomic mass is 9.80. The van der Waals surface area contributed by atoms with Gasteiger partial charge >= 0.3 is 24.5 Å². The molecule has 17 heteroatoms. The van der Waals surface area contributed by atoms with Crippen molar-refractivity contribution in [2.75, 3.05) is 41.5 Å². The van der Waals surface area contributed by atoms with E-state index in [0.717, 1.165) is 43.4 Å². The molecular weight excluding hydrogens is 824 g/mol. The molecule has 1 fully saturated rings. The van der Waals surface area contributed by atoms with Gasteiger partial charge < -0.3 is 19.3 Å². The van der Waals surface area contributed by atoms with Crippen LogP contribution in [0.5, 0.6) is 5.75 Å². The van der Waals surface area contributed by atoms with Crippen molar-refractivity contribution >= 4 is 29.4 Å². The SMILES string of the molecule is CCN(C[C@H]1CC[C@H](CC(=O)OCc2ccccc2)CC1)c1ccc(C(F)(F)F)cc1CN(c1ncc(OCCSC)cn1)C(C)c1cc(C(F)(F)F)cc(C(F)(F)F)c1. The molecule has 0 bridgehead atoms. The number of hydrogen-bond acceptors (Lipinski definition) is 8. The normalized spacial score (nSPS) is 16.6. The second kappa shape index (κ2) is 20.3. The first-order valence-electron chi connectivity index (χ1n) is 19.5. The van der Waals surface area contributed by atoms with Crippen molar-refractivity contribution in [3.8, 4) is 5.75 Å². The van der Waals surface area contributed by atoms with E-state index in [4.69, 9.17) is 9.47 Å². The second-order valence-electron chi connectivity index (χ2n) is 14.8. The van der Waals surface area contributed by atoms with E-state index in [-0.39, 0.29) is 54.2 Å². The Labute approximate surface area is 347 Å². The first-order valence-corrected chi connectivity index (χ1v) is 20.9. The van der Waals surface area contributed by atoms with Gasteiger partial charge in [-0.25, -0.2) is 9.97 Å². The Morgan fingerprint density at radius 2 is 1.42 bits per heavy atom. The zero-order valence-corrected chi connectivity index (χ0v) is 34.2. The Kier molecular flexibility index (Phi) is 15.7. The minimum atomic E-state index is -5.13. The van der Waals surface area contributed by atoms with Crippen LogP contribution in [-0.2, 0) is 41.2 Å². The molecular formula is C43H47F9N4O3S. The van der Waals surface area contributed by atoms with Crippen LogP contribution in [0.3, 0.4) is 0 Å². The second-order valence-corrected chi connectivity index (χ2v) is 15.8. The van der Waals surface area contributed by atoms with E-state index in [2.05, 4.69) is 9.97 Å². The summed E-state index contributed by atoms with van der Waals surface area (Å²) in [5, 5.41) is 0. The van der Waals surface area contributed by atoms with E-state index in [9.17, 15) is 44.3 Å². The lowest BCUT2D eigenvalue weighted by molar-refractivity contribution is -0.146. The number of carbonyl (C=O) groups excluding carboxylic acids is 1. The predicted molar refractivity (Wildman–Crippen MR) is 213 cm³/mol. The lowest BCUT2D eigenvalue weighted by Gasteiger charge is -2.36. The highest BCUT2D eigenvalue weighted by molar-refractivity contribution is 7.98. The van der Waals surface area contributed by atoms with Crippen LogP contribution in [0.25, 0.3) is 0 Å². The summed E-state index contributed by atoms with van der Waals surface area (Å²) in [7, 11) is 0. The summed E-state index contributed by atoms with van der Waals surface area (Å²) in [5.74, 6) is 0.686. The number of thioether (sulfide) groups is 1. The number of nitrogens with zero attached hydrogens (tertiary/aromatic N) is 4. The molecule has 0 amide bonds. The Morgan fingerprint density at radius 1 is 0.817 bits per heavy atom. The summed E-state index contributed by atoms with van der Waals surface area (Å²) in [6, 6.07) is 12.5. The van der Waals surface area contributed by atoms with Crippen molar-refractivity contribution in [2.24, 2.45) is 11.8 Å². The van der Waals surface area contributed by atoms with Gasteiger partial charge in [0.25, 0.3) is 0 Å².